The zero-order chi connectivity index (χ0) is 20.6. The highest BCUT2D eigenvalue weighted by Gasteiger charge is 2.32. The molecule has 0 saturated carbocycles. The summed E-state index contributed by atoms with van der Waals surface area (Å²) in [7, 11) is 0. The van der Waals surface area contributed by atoms with E-state index in [2.05, 4.69) is 9.97 Å². The molecule has 2 aromatic rings. The highest BCUT2D eigenvalue weighted by atomic mass is 35.5. The number of carbonyl (C=O) groups is 2. The maximum Gasteiger partial charge on any atom is 0.340 e. The lowest BCUT2D eigenvalue weighted by molar-refractivity contribution is 0.0225. The number of rotatable bonds is 0. The third-order valence-corrected chi connectivity index (χ3v) is 5.50. The quantitative estimate of drug-likeness (QED) is 0.448. The van der Waals surface area contributed by atoms with Crippen LogP contribution >= 0.6 is 23.2 Å². The van der Waals surface area contributed by atoms with Gasteiger partial charge in [-0.25, -0.2) is 19.6 Å². The van der Waals surface area contributed by atoms with Gasteiger partial charge in [0, 0.05) is 11.8 Å². The molecule has 0 fully saturated rings. The lowest BCUT2D eigenvalue weighted by Gasteiger charge is -2.26. The number of carbonyl (C=O) groups excluding carboxylic acids is 2. The van der Waals surface area contributed by atoms with Gasteiger partial charge in [-0.05, 0) is 38.1 Å². The van der Waals surface area contributed by atoms with Gasteiger partial charge in [-0.1, -0.05) is 37.0 Å². The predicted molar refractivity (Wildman–Crippen MR) is 105 cm³/mol. The zero-order valence-electron chi connectivity index (χ0n) is 15.9. The highest BCUT2D eigenvalue weighted by Crippen LogP contribution is 2.31. The molecule has 0 aromatic carbocycles. The first-order valence-electron chi connectivity index (χ1n) is 8.94. The summed E-state index contributed by atoms with van der Waals surface area (Å²) in [5.41, 5.74) is 2.53. The van der Waals surface area contributed by atoms with Crippen LogP contribution in [0.1, 0.15) is 71.6 Å². The van der Waals surface area contributed by atoms with Crippen LogP contribution in [0.4, 0.5) is 0 Å². The van der Waals surface area contributed by atoms with Crippen LogP contribution in [-0.4, -0.2) is 34.1 Å². The lowest BCUT2D eigenvalue weighted by atomic mass is 9.94. The van der Waals surface area contributed by atoms with Crippen LogP contribution in [0.25, 0.3) is 0 Å². The number of aromatic nitrogens is 2. The van der Waals surface area contributed by atoms with Gasteiger partial charge in [-0.3, -0.25) is 0 Å². The van der Waals surface area contributed by atoms with Gasteiger partial charge in [-0.2, -0.15) is 0 Å². The minimum absolute atomic E-state index is 0.0985. The summed E-state index contributed by atoms with van der Waals surface area (Å²) < 4.78 is 10.3. The lowest BCUT2D eigenvalue weighted by Crippen LogP contribution is -2.29. The Morgan fingerprint density at radius 3 is 1.43 bits per heavy atom. The fraction of sp³-hybridized carbons (Fsp3) is 0.400. The number of hydrogen-bond donors (Lipinski definition) is 0. The van der Waals surface area contributed by atoms with Crippen molar-refractivity contribution in [2.75, 3.05) is 0 Å². The molecule has 0 saturated heterocycles. The molecule has 0 aliphatic carbocycles. The minimum atomic E-state index is -0.310. The van der Waals surface area contributed by atoms with E-state index in [1.807, 2.05) is 27.7 Å². The van der Waals surface area contributed by atoms with Crippen LogP contribution in [0, 0.1) is 0 Å². The second kappa shape index (κ2) is 8.05. The van der Waals surface area contributed by atoms with E-state index in [1.165, 1.54) is 0 Å². The molecule has 8 heteroatoms. The average molecular weight is 423 g/mol. The van der Waals surface area contributed by atoms with Gasteiger partial charge >= 0.3 is 11.9 Å². The van der Waals surface area contributed by atoms with E-state index in [9.17, 15) is 9.59 Å². The predicted octanol–water partition coefficient (Wildman–Crippen LogP) is 4.79. The Labute approximate surface area is 173 Å². The number of cyclic esters (lactones) is 2. The van der Waals surface area contributed by atoms with Gasteiger partial charge in [0.1, 0.15) is 22.5 Å². The van der Waals surface area contributed by atoms with E-state index in [-0.39, 0.29) is 36.0 Å². The van der Waals surface area contributed by atoms with Crippen molar-refractivity contribution < 1.29 is 19.1 Å². The number of ether oxygens (including phenoxy) is 2. The van der Waals surface area contributed by atoms with E-state index in [0.717, 1.165) is 11.4 Å². The Morgan fingerprint density at radius 1 is 0.714 bits per heavy atom. The first kappa shape index (κ1) is 20.6. The maximum absolute atomic E-state index is 11.4. The third-order valence-electron chi connectivity index (χ3n) is 5.08. The monoisotopic (exact) mass is 422 g/mol. The van der Waals surface area contributed by atoms with Gasteiger partial charge in [0.25, 0.3) is 0 Å². The van der Waals surface area contributed by atoms with E-state index in [4.69, 9.17) is 32.7 Å². The molecule has 6 nitrogen and oxygen atoms in total. The Bertz CT molecular complexity index is 859. The topological polar surface area (TPSA) is 78.4 Å². The smallest absolute Gasteiger partial charge is 0.340 e. The van der Waals surface area contributed by atoms with E-state index >= 15 is 0 Å². The molecule has 148 valence electrons. The van der Waals surface area contributed by atoms with Gasteiger partial charge < -0.3 is 9.47 Å². The zero-order valence-corrected chi connectivity index (χ0v) is 17.4. The van der Waals surface area contributed by atoms with Crippen molar-refractivity contribution in [1.82, 2.24) is 9.97 Å². The second-order valence-corrected chi connectivity index (χ2v) is 7.71. The summed E-state index contributed by atoms with van der Waals surface area (Å²) in [5.74, 6) is -0.424. The molecule has 4 rings (SSSR count). The van der Waals surface area contributed by atoms with Gasteiger partial charge in [0.05, 0.1) is 22.5 Å². The van der Waals surface area contributed by atoms with Crippen molar-refractivity contribution in [3.63, 3.8) is 0 Å². The third kappa shape index (κ3) is 3.98. The Balaban J connectivity index is 0.000000161. The minimum Gasteiger partial charge on any atom is -0.458 e. The van der Waals surface area contributed by atoms with Crippen LogP contribution in [0.15, 0.2) is 24.3 Å². The van der Waals surface area contributed by atoms with E-state index in [1.54, 1.807) is 24.3 Å². The first-order valence-corrected chi connectivity index (χ1v) is 9.69. The maximum atomic E-state index is 11.4. The molecular formula is C20H20Cl2N2O4. The Kier molecular flexibility index (Phi) is 5.91. The Hall–Kier alpha value is -2.18. The molecule has 0 N–H and O–H groups in total. The highest BCUT2D eigenvalue weighted by molar-refractivity contribution is 6.29. The molecule has 28 heavy (non-hydrogen) atoms. The molecule has 0 unspecified atom stereocenters. The SMILES string of the molecule is C[C@@H]1OC(=O)c2ccc(Cl)nc2[C@H]1C.C[C@H]1OC(=O)c2ccc(Cl)nc2[C@@H]1C. The van der Waals surface area contributed by atoms with Crippen LogP contribution < -0.4 is 0 Å². The summed E-state index contributed by atoms with van der Waals surface area (Å²) >= 11 is 11.5. The average Bonchev–Trinajstić information content (AvgIpc) is 2.64. The number of hydrogen-bond acceptors (Lipinski definition) is 6. The summed E-state index contributed by atoms with van der Waals surface area (Å²) in [5, 5.41) is 0.829. The molecule has 2 aromatic heterocycles. The van der Waals surface area contributed by atoms with E-state index < -0.39 is 0 Å². The fourth-order valence-electron chi connectivity index (χ4n) is 3.05. The molecular weight excluding hydrogens is 403 g/mol. The molecule has 2 aliphatic rings. The van der Waals surface area contributed by atoms with E-state index in [0.29, 0.717) is 21.4 Å². The molecule has 0 amide bonds. The normalized spacial score (nSPS) is 25.5. The fourth-order valence-corrected chi connectivity index (χ4v) is 3.36. The van der Waals surface area contributed by atoms with Gasteiger partial charge in [-0.15, -0.1) is 0 Å². The molecule has 0 spiro atoms. The van der Waals surface area contributed by atoms with Crippen LogP contribution in [0.3, 0.4) is 0 Å². The number of pyridine rings is 2. The Morgan fingerprint density at radius 2 is 1.07 bits per heavy atom. The van der Waals surface area contributed by atoms with Crippen molar-refractivity contribution in [3.05, 3.63) is 57.1 Å². The molecule has 0 radical (unpaired) electrons. The van der Waals surface area contributed by atoms with Crippen molar-refractivity contribution in [2.45, 2.75) is 51.7 Å². The second-order valence-electron chi connectivity index (χ2n) is 6.93. The molecule has 0 bridgehead atoms. The van der Waals surface area contributed by atoms with Crippen LogP contribution in [0.5, 0.6) is 0 Å². The standard InChI is InChI=1S/2C10H10ClNO2/c2*1-5-6(2)14-10(13)7-3-4-8(11)12-9(5)7/h2*3-6H,1-2H3/t2*5-,6-/m10/s1. The van der Waals surface area contributed by atoms with Gasteiger partial charge in [0.15, 0.2) is 0 Å². The first-order chi connectivity index (χ1) is 13.2. The van der Waals surface area contributed by atoms with Gasteiger partial charge in [0.2, 0.25) is 0 Å². The number of nitrogens with zero attached hydrogens (tertiary/aromatic N) is 2. The summed E-state index contributed by atoms with van der Waals surface area (Å²) in [4.78, 5) is 31.2. The van der Waals surface area contributed by atoms with Crippen molar-refractivity contribution in [1.29, 1.82) is 0 Å². The summed E-state index contributed by atoms with van der Waals surface area (Å²) in [6.07, 6.45) is -0.276. The summed E-state index contributed by atoms with van der Waals surface area (Å²) in [6.45, 7) is 7.65. The van der Waals surface area contributed by atoms with Crippen molar-refractivity contribution in [3.8, 4) is 0 Å². The van der Waals surface area contributed by atoms with Crippen LogP contribution in [0.2, 0.25) is 10.3 Å². The van der Waals surface area contributed by atoms with Crippen LogP contribution in [-0.2, 0) is 9.47 Å². The largest absolute Gasteiger partial charge is 0.458 e. The number of halogens is 2. The summed E-state index contributed by atoms with van der Waals surface area (Å²) in [6, 6.07) is 6.53. The molecule has 4 heterocycles. The number of esters is 2. The van der Waals surface area contributed by atoms with Crippen molar-refractivity contribution >= 4 is 35.1 Å². The number of fused-ring (bicyclic) bond motifs is 2. The van der Waals surface area contributed by atoms with Crippen molar-refractivity contribution in [2.24, 2.45) is 0 Å². The molecule has 4 atom stereocenters. The molecule has 2 aliphatic heterocycles.